The number of carbonyl (C=O) groups is 1. The van der Waals surface area contributed by atoms with Crippen LogP contribution >= 0.6 is 0 Å². The second kappa shape index (κ2) is 6.41. The van der Waals surface area contributed by atoms with E-state index in [9.17, 15) is 4.79 Å². The van der Waals surface area contributed by atoms with Crippen LogP contribution in [0.4, 0.5) is 0 Å². The highest BCUT2D eigenvalue weighted by atomic mass is 28.3. The van der Waals surface area contributed by atoms with Gasteiger partial charge in [0.05, 0.1) is 8.07 Å². The van der Waals surface area contributed by atoms with Crippen LogP contribution in [0.15, 0.2) is 36.0 Å². The van der Waals surface area contributed by atoms with Gasteiger partial charge in [-0.1, -0.05) is 69.9 Å². The third-order valence-electron chi connectivity index (χ3n) is 5.15. The van der Waals surface area contributed by atoms with Crippen molar-refractivity contribution in [2.75, 3.05) is 13.1 Å². The van der Waals surface area contributed by atoms with Gasteiger partial charge in [0.1, 0.15) is 0 Å². The molecule has 0 aromatic heterocycles. The number of amides is 1. The fraction of sp³-hybridized carbons (Fsp3) is 0.526. The highest BCUT2D eigenvalue weighted by molar-refractivity contribution is 6.86. The summed E-state index contributed by atoms with van der Waals surface area (Å²) in [6.45, 7) is 13.4. The molecule has 0 unspecified atom stereocenters. The number of hydrogen-bond donors (Lipinski definition) is 0. The van der Waals surface area contributed by atoms with E-state index in [1.54, 1.807) is 0 Å². The second-order valence-electron chi connectivity index (χ2n) is 7.90. The lowest BCUT2D eigenvalue weighted by molar-refractivity contribution is -0.124. The van der Waals surface area contributed by atoms with Gasteiger partial charge >= 0.3 is 0 Å². The molecule has 22 heavy (non-hydrogen) atoms. The maximum Gasteiger partial charge on any atom is 0.253 e. The predicted octanol–water partition coefficient (Wildman–Crippen LogP) is 4.74. The summed E-state index contributed by atoms with van der Waals surface area (Å²) >= 11 is 0. The van der Waals surface area contributed by atoms with E-state index in [0.29, 0.717) is 0 Å². The number of nitrogens with zero attached hydrogens (tertiary/aromatic N) is 1. The van der Waals surface area contributed by atoms with Gasteiger partial charge in [0.15, 0.2) is 0 Å². The molecule has 1 heterocycles. The molecule has 1 aromatic rings. The van der Waals surface area contributed by atoms with Crippen molar-refractivity contribution in [3.8, 4) is 0 Å². The number of carbonyl (C=O) groups excluding carboxylic acids is 1. The zero-order chi connectivity index (χ0) is 16.4. The standard InChI is InChI=1S/C19H29NOSi/c1-19(2,3)22(4,5)15-17(16-11-7-6-8-12-16)18(21)20-13-9-10-14-20/h6-8,11-12,15H,9-10,13-14H2,1-5H3/b17-15-. The minimum absolute atomic E-state index is 0.216. The lowest BCUT2D eigenvalue weighted by Crippen LogP contribution is -2.37. The van der Waals surface area contributed by atoms with Gasteiger partial charge in [-0.05, 0) is 23.4 Å². The molecule has 1 aliphatic heterocycles. The van der Waals surface area contributed by atoms with Crippen LogP contribution in [0.1, 0.15) is 39.2 Å². The van der Waals surface area contributed by atoms with Crippen LogP contribution < -0.4 is 0 Å². The van der Waals surface area contributed by atoms with Crippen LogP contribution in [0.3, 0.4) is 0 Å². The molecule has 2 rings (SSSR count). The van der Waals surface area contributed by atoms with Crippen LogP contribution in [0.5, 0.6) is 0 Å². The van der Waals surface area contributed by atoms with Gasteiger partial charge in [-0.2, -0.15) is 0 Å². The van der Waals surface area contributed by atoms with Crippen molar-refractivity contribution in [2.24, 2.45) is 0 Å². The normalized spacial score (nSPS) is 17.0. The van der Waals surface area contributed by atoms with Crippen LogP contribution in [-0.4, -0.2) is 32.0 Å². The molecule has 0 atom stereocenters. The van der Waals surface area contributed by atoms with E-state index in [0.717, 1.165) is 37.1 Å². The zero-order valence-corrected chi connectivity index (χ0v) is 15.6. The van der Waals surface area contributed by atoms with Crippen molar-refractivity contribution in [3.05, 3.63) is 41.6 Å². The zero-order valence-electron chi connectivity index (χ0n) is 14.6. The summed E-state index contributed by atoms with van der Waals surface area (Å²) < 4.78 is 0. The Morgan fingerprint density at radius 1 is 1.09 bits per heavy atom. The van der Waals surface area contributed by atoms with E-state index >= 15 is 0 Å². The molecule has 0 saturated carbocycles. The summed E-state index contributed by atoms with van der Waals surface area (Å²) in [5.41, 5.74) is 4.29. The second-order valence-corrected chi connectivity index (χ2v) is 13.1. The van der Waals surface area contributed by atoms with E-state index in [-0.39, 0.29) is 10.9 Å². The molecule has 1 saturated heterocycles. The lowest BCUT2D eigenvalue weighted by Gasteiger charge is -2.35. The van der Waals surface area contributed by atoms with E-state index in [1.807, 2.05) is 23.1 Å². The molecule has 0 aliphatic carbocycles. The molecule has 120 valence electrons. The Bertz CT molecular complexity index is 549. The van der Waals surface area contributed by atoms with E-state index < -0.39 is 8.07 Å². The first kappa shape index (κ1) is 17.0. The van der Waals surface area contributed by atoms with Crippen LogP contribution in [0.2, 0.25) is 18.1 Å². The molecule has 0 spiro atoms. The average Bonchev–Trinajstić information content (AvgIpc) is 2.98. The lowest BCUT2D eigenvalue weighted by atomic mass is 10.1. The Morgan fingerprint density at radius 3 is 2.14 bits per heavy atom. The SMILES string of the molecule is CC(C)(C)[Si](C)(C)/C=C(\C(=O)N1CCCC1)c1ccccc1. The minimum atomic E-state index is -1.67. The summed E-state index contributed by atoms with van der Waals surface area (Å²) in [6.07, 6.45) is 2.27. The maximum absolute atomic E-state index is 13.0. The Balaban J connectivity index is 2.44. The molecule has 1 aliphatic rings. The Hall–Kier alpha value is -1.35. The summed E-state index contributed by atoms with van der Waals surface area (Å²) in [6, 6.07) is 10.2. The molecule has 1 amide bonds. The molecule has 1 fully saturated rings. The van der Waals surface area contributed by atoms with Crippen molar-refractivity contribution in [3.63, 3.8) is 0 Å². The van der Waals surface area contributed by atoms with E-state index in [2.05, 4.69) is 51.7 Å². The smallest absolute Gasteiger partial charge is 0.253 e. The number of benzene rings is 1. The average molecular weight is 316 g/mol. The van der Waals surface area contributed by atoms with Crippen molar-refractivity contribution in [1.29, 1.82) is 0 Å². The van der Waals surface area contributed by atoms with Crippen molar-refractivity contribution >= 4 is 19.6 Å². The highest BCUT2D eigenvalue weighted by Crippen LogP contribution is 2.38. The summed E-state index contributed by atoms with van der Waals surface area (Å²) in [5, 5.41) is 0.234. The Labute approximate surface area is 136 Å². The third-order valence-corrected chi connectivity index (χ3v) is 10.0. The van der Waals surface area contributed by atoms with Gasteiger partial charge in [-0.25, -0.2) is 0 Å². The summed E-state index contributed by atoms with van der Waals surface area (Å²) in [4.78, 5) is 15.1. The van der Waals surface area contributed by atoms with Crippen LogP contribution in [-0.2, 0) is 4.79 Å². The fourth-order valence-electron chi connectivity index (χ4n) is 2.55. The minimum Gasteiger partial charge on any atom is -0.339 e. The number of likely N-dealkylation sites (tertiary alicyclic amines) is 1. The molecule has 0 N–H and O–H groups in total. The van der Waals surface area contributed by atoms with Gasteiger partial charge < -0.3 is 4.90 Å². The summed E-state index contributed by atoms with van der Waals surface area (Å²) in [7, 11) is -1.67. The Morgan fingerprint density at radius 2 is 1.64 bits per heavy atom. The monoisotopic (exact) mass is 315 g/mol. The molecule has 0 radical (unpaired) electrons. The van der Waals surface area contributed by atoms with Crippen LogP contribution in [0.25, 0.3) is 5.57 Å². The van der Waals surface area contributed by atoms with Crippen LogP contribution in [0, 0.1) is 0 Å². The number of hydrogen-bond acceptors (Lipinski definition) is 1. The van der Waals surface area contributed by atoms with Gasteiger partial charge in [0, 0.05) is 18.7 Å². The molecular weight excluding hydrogens is 286 g/mol. The first-order valence-electron chi connectivity index (χ1n) is 8.30. The quantitative estimate of drug-likeness (QED) is 0.583. The van der Waals surface area contributed by atoms with E-state index in [1.165, 1.54) is 0 Å². The largest absolute Gasteiger partial charge is 0.339 e. The predicted molar refractivity (Wildman–Crippen MR) is 97.4 cm³/mol. The Kier molecular flexibility index (Phi) is 4.96. The van der Waals surface area contributed by atoms with Crippen molar-refractivity contribution < 1.29 is 4.79 Å². The molecule has 2 nitrogen and oxygen atoms in total. The summed E-state index contributed by atoms with van der Waals surface area (Å²) in [5.74, 6) is 0.216. The first-order chi connectivity index (χ1) is 10.2. The third kappa shape index (κ3) is 3.69. The molecule has 1 aromatic carbocycles. The molecule has 3 heteroatoms. The first-order valence-corrected chi connectivity index (χ1v) is 11.4. The number of rotatable bonds is 3. The van der Waals surface area contributed by atoms with Crippen molar-refractivity contribution in [2.45, 2.75) is 51.7 Å². The highest BCUT2D eigenvalue weighted by Gasteiger charge is 2.35. The maximum atomic E-state index is 13.0. The topological polar surface area (TPSA) is 20.3 Å². The van der Waals surface area contributed by atoms with Gasteiger partial charge in [0.2, 0.25) is 0 Å². The fourth-order valence-corrected chi connectivity index (χ4v) is 4.00. The molecule has 0 bridgehead atoms. The molecular formula is C19H29NOSi. The van der Waals surface area contributed by atoms with Gasteiger partial charge in [0.25, 0.3) is 5.91 Å². The van der Waals surface area contributed by atoms with Crippen molar-refractivity contribution in [1.82, 2.24) is 4.90 Å². The van der Waals surface area contributed by atoms with E-state index in [4.69, 9.17) is 0 Å². The van der Waals surface area contributed by atoms with Gasteiger partial charge in [-0.15, -0.1) is 0 Å². The van der Waals surface area contributed by atoms with Gasteiger partial charge in [-0.3, -0.25) is 4.79 Å².